The van der Waals surface area contributed by atoms with E-state index in [2.05, 4.69) is 10.1 Å². The van der Waals surface area contributed by atoms with Crippen molar-refractivity contribution in [2.24, 2.45) is 0 Å². The largest absolute Gasteiger partial charge is 0.493 e. The van der Waals surface area contributed by atoms with Crippen LogP contribution < -0.4 is 14.8 Å². The van der Waals surface area contributed by atoms with Crippen LogP contribution in [0.1, 0.15) is 17.5 Å². The van der Waals surface area contributed by atoms with Crippen molar-refractivity contribution < 1.29 is 31.5 Å². The van der Waals surface area contributed by atoms with E-state index in [9.17, 15) is 22.0 Å². The van der Waals surface area contributed by atoms with Crippen molar-refractivity contribution in [1.29, 1.82) is 0 Å². The van der Waals surface area contributed by atoms with Crippen molar-refractivity contribution >= 4 is 15.7 Å². The van der Waals surface area contributed by atoms with Gasteiger partial charge >= 0.3 is 6.61 Å². The third kappa shape index (κ3) is 8.36. The topological polar surface area (TPSA) is 81.7 Å². The van der Waals surface area contributed by atoms with Crippen LogP contribution in [-0.2, 0) is 27.5 Å². The van der Waals surface area contributed by atoms with Crippen LogP contribution in [-0.4, -0.2) is 46.1 Å². The summed E-state index contributed by atoms with van der Waals surface area (Å²) < 4.78 is 58.6. The Bertz CT molecular complexity index is 920. The van der Waals surface area contributed by atoms with E-state index in [-0.39, 0.29) is 23.8 Å². The van der Waals surface area contributed by atoms with Crippen LogP contribution in [0.25, 0.3) is 0 Å². The predicted octanol–water partition coefficient (Wildman–Crippen LogP) is 3.00. The molecule has 0 fully saturated rings. The third-order valence-corrected chi connectivity index (χ3v) is 5.91. The number of methoxy groups -OCH3 is 1. The van der Waals surface area contributed by atoms with E-state index in [1.807, 2.05) is 30.3 Å². The molecule has 0 unspecified atom stereocenters. The second-order valence-corrected chi connectivity index (χ2v) is 8.83. The zero-order valence-electron chi connectivity index (χ0n) is 16.6. The highest BCUT2D eigenvalue weighted by atomic mass is 32.2. The maximum absolute atomic E-state index is 12.5. The molecule has 2 aromatic carbocycles. The summed E-state index contributed by atoms with van der Waals surface area (Å²) in [6, 6.07) is 14.1. The molecule has 0 spiro atoms. The van der Waals surface area contributed by atoms with Gasteiger partial charge in [0.1, 0.15) is 5.75 Å². The van der Waals surface area contributed by atoms with Crippen molar-refractivity contribution in [1.82, 2.24) is 5.32 Å². The van der Waals surface area contributed by atoms with Crippen LogP contribution in [0.3, 0.4) is 0 Å². The van der Waals surface area contributed by atoms with E-state index in [1.165, 1.54) is 19.2 Å². The lowest BCUT2D eigenvalue weighted by atomic mass is 10.1. The summed E-state index contributed by atoms with van der Waals surface area (Å²) in [7, 11) is -2.17. The van der Waals surface area contributed by atoms with Gasteiger partial charge in [-0.25, -0.2) is 8.42 Å². The number of alkyl halides is 2. The Hall–Kier alpha value is -2.68. The molecule has 0 saturated heterocycles. The summed E-state index contributed by atoms with van der Waals surface area (Å²) >= 11 is 0. The van der Waals surface area contributed by atoms with Crippen LogP contribution in [0.15, 0.2) is 48.5 Å². The Labute approximate surface area is 175 Å². The number of halogens is 2. The zero-order chi connectivity index (χ0) is 22.0. The smallest absolute Gasteiger partial charge is 0.387 e. The Morgan fingerprint density at radius 2 is 1.77 bits per heavy atom. The molecule has 164 valence electrons. The summed E-state index contributed by atoms with van der Waals surface area (Å²) in [5.41, 5.74) is 1.68. The highest BCUT2D eigenvalue weighted by Crippen LogP contribution is 2.29. The minimum atomic E-state index is -3.51. The van der Waals surface area contributed by atoms with Gasteiger partial charge in [0.2, 0.25) is 5.91 Å². The van der Waals surface area contributed by atoms with Crippen molar-refractivity contribution in [3.05, 3.63) is 59.7 Å². The zero-order valence-corrected chi connectivity index (χ0v) is 17.5. The molecule has 2 aromatic rings. The number of sulfone groups is 1. The molecule has 0 atom stereocenters. The van der Waals surface area contributed by atoms with Crippen LogP contribution in [0, 0.1) is 0 Å². The third-order valence-electron chi connectivity index (χ3n) is 4.29. The number of rotatable bonds is 12. The lowest BCUT2D eigenvalue weighted by molar-refractivity contribution is -0.118. The molecule has 0 heterocycles. The lowest BCUT2D eigenvalue weighted by Gasteiger charge is -2.12. The van der Waals surface area contributed by atoms with Crippen LogP contribution >= 0.6 is 0 Å². The molecule has 0 bridgehead atoms. The summed E-state index contributed by atoms with van der Waals surface area (Å²) in [5, 5.41) is 2.55. The van der Waals surface area contributed by atoms with Gasteiger partial charge in [0, 0.05) is 6.54 Å². The summed E-state index contributed by atoms with van der Waals surface area (Å²) in [6.45, 7) is -2.82. The number of ether oxygens (including phenoxy) is 2. The minimum absolute atomic E-state index is 0.0673. The number of aryl methyl sites for hydroxylation is 1. The van der Waals surface area contributed by atoms with E-state index >= 15 is 0 Å². The monoisotopic (exact) mass is 441 g/mol. The molecule has 6 nitrogen and oxygen atoms in total. The number of benzene rings is 2. The average molecular weight is 441 g/mol. The predicted molar refractivity (Wildman–Crippen MR) is 110 cm³/mol. The Morgan fingerprint density at radius 3 is 2.43 bits per heavy atom. The van der Waals surface area contributed by atoms with Gasteiger partial charge in [0.25, 0.3) is 0 Å². The van der Waals surface area contributed by atoms with Crippen molar-refractivity contribution in [3.8, 4) is 11.5 Å². The SMILES string of the molecule is COc1ccc(CCNC(=O)CS(=O)(=O)CCCc2ccccc2)cc1OC(F)F. The lowest BCUT2D eigenvalue weighted by Crippen LogP contribution is -2.32. The molecule has 2 rings (SSSR count). The Morgan fingerprint density at radius 1 is 1.03 bits per heavy atom. The van der Waals surface area contributed by atoms with E-state index in [1.54, 1.807) is 6.07 Å². The van der Waals surface area contributed by atoms with Gasteiger partial charge in [-0.1, -0.05) is 36.4 Å². The molecule has 0 aliphatic heterocycles. The number of carbonyl (C=O) groups is 1. The van der Waals surface area contributed by atoms with Gasteiger partial charge in [0.05, 0.1) is 12.9 Å². The fraction of sp³-hybridized carbons (Fsp3) is 0.381. The van der Waals surface area contributed by atoms with E-state index < -0.39 is 28.1 Å². The first-order valence-electron chi connectivity index (χ1n) is 9.42. The van der Waals surface area contributed by atoms with Gasteiger partial charge in [-0.3, -0.25) is 4.79 Å². The van der Waals surface area contributed by atoms with Gasteiger partial charge in [-0.2, -0.15) is 8.78 Å². The molecule has 0 aliphatic rings. The Balaban J connectivity index is 1.77. The number of carbonyl (C=O) groups excluding carboxylic acids is 1. The number of hydrogen-bond acceptors (Lipinski definition) is 5. The van der Waals surface area contributed by atoms with Crippen LogP contribution in [0.2, 0.25) is 0 Å². The summed E-state index contributed by atoms with van der Waals surface area (Å²) in [5.74, 6) is -1.17. The molecule has 0 radical (unpaired) electrons. The number of nitrogens with one attached hydrogen (secondary N) is 1. The molecular formula is C21H25F2NO5S. The van der Waals surface area contributed by atoms with Gasteiger partial charge in [-0.15, -0.1) is 0 Å². The first-order chi connectivity index (χ1) is 14.3. The van der Waals surface area contributed by atoms with Crippen molar-refractivity contribution in [3.63, 3.8) is 0 Å². The molecule has 9 heteroatoms. The molecule has 1 N–H and O–H groups in total. The second kappa shape index (κ2) is 11.5. The number of hydrogen-bond donors (Lipinski definition) is 1. The van der Waals surface area contributed by atoms with Crippen LogP contribution in [0.4, 0.5) is 8.78 Å². The molecular weight excluding hydrogens is 416 g/mol. The van der Waals surface area contributed by atoms with E-state index in [0.29, 0.717) is 24.8 Å². The number of amides is 1. The highest BCUT2D eigenvalue weighted by molar-refractivity contribution is 7.92. The fourth-order valence-electron chi connectivity index (χ4n) is 2.87. The maximum atomic E-state index is 12.5. The van der Waals surface area contributed by atoms with Gasteiger partial charge in [-0.05, 0) is 42.5 Å². The molecule has 1 amide bonds. The molecule has 0 saturated carbocycles. The quantitative estimate of drug-likeness (QED) is 0.548. The van der Waals surface area contributed by atoms with Gasteiger partial charge < -0.3 is 14.8 Å². The Kier molecular flexibility index (Phi) is 9.04. The molecule has 30 heavy (non-hydrogen) atoms. The van der Waals surface area contributed by atoms with Gasteiger partial charge in [0.15, 0.2) is 21.3 Å². The first kappa shape index (κ1) is 23.6. The minimum Gasteiger partial charge on any atom is -0.493 e. The normalized spacial score (nSPS) is 11.3. The fourth-order valence-corrected chi connectivity index (χ4v) is 4.10. The highest BCUT2D eigenvalue weighted by Gasteiger charge is 2.16. The molecule has 0 aliphatic carbocycles. The van der Waals surface area contributed by atoms with Crippen molar-refractivity contribution in [2.45, 2.75) is 25.9 Å². The standard InChI is InChI=1S/C21H25F2NO5S/c1-28-18-10-9-17(14-19(18)29-21(22)23)11-12-24-20(25)15-30(26,27)13-5-8-16-6-3-2-4-7-16/h2-4,6-7,9-10,14,21H,5,8,11-13,15H2,1H3,(H,24,25). The molecule has 0 aromatic heterocycles. The average Bonchev–Trinajstić information content (AvgIpc) is 2.68. The van der Waals surface area contributed by atoms with Crippen LogP contribution in [0.5, 0.6) is 11.5 Å². The summed E-state index contributed by atoms with van der Waals surface area (Å²) in [4.78, 5) is 12.0. The van der Waals surface area contributed by atoms with Crippen molar-refractivity contribution in [2.75, 3.05) is 25.2 Å². The summed E-state index contributed by atoms with van der Waals surface area (Å²) in [6.07, 6.45) is 1.39. The van der Waals surface area contributed by atoms with E-state index in [4.69, 9.17) is 4.74 Å². The maximum Gasteiger partial charge on any atom is 0.387 e. The second-order valence-electron chi connectivity index (χ2n) is 6.64. The first-order valence-corrected chi connectivity index (χ1v) is 11.2. The van der Waals surface area contributed by atoms with E-state index in [0.717, 1.165) is 5.56 Å².